The van der Waals surface area contributed by atoms with Crippen molar-refractivity contribution >= 4 is 5.97 Å². The predicted octanol–water partition coefficient (Wildman–Crippen LogP) is 2.59. The molecule has 92 valence electrons. The lowest BCUT2D eigenvalue weighted by Gasteiger charge is -2.17. The average molecular weight is 233 g/mol. The molecule has 1 aromatic carbocycles. The summed E-state index contributed by atoms with van der Waals surface area (Å²) < 4.78 is 0. The Bertz CT molecular complexity index is 358. The van der Waals surface area contributed by atoms with Crippen molar-refractivity contribution in [2.45, 2.75) is 31.7 Å². The molecule has 0 radical (unpaired) electrons. The van der Waals surface area contributed by atoms with Gasteiger partial charge in [0, 0.05) is 0 Å². The fourth-order valence-corrected chi connectivity index (χ4v) is 2.49. The number of carboxylic acids is 1. The van der Waals surface area contributed by atoms with E-state index in [4.69, 9.17) is 0 Å². The van der Waals surface area contributed by atoms with Crippen LogP contribution < -0.4 is 5.32 Å². The van der Waals surface area contributed by atoms with E-state index >= 15 is 0 Å². The smallest absolute Gasteiger partial charge is 0.325 e. The molecule has 1 saturated carbocycles. The van der Waals surface area contributed by atoms with Crippen molar-refractivity contribution in [1.82, 2.24) is 5.32 Å². The summed E-state index contributed by atoms with van der Waals surface area (Å²) in [5, 5.41) is 12.4. The molecule has 0 aliphatic heterocycles. The molecule has 1 unspecified atom stereocenters. The molecule has 3 nitrogen and oxygen atoms in total. The molecule has 0 heterocycles. The van der Waals surface area contributed by atoms with Gasteiger partial charge in [0.05, 0.1) is 0 Å². The van der Waals surface area contributed by atoms with Crippen molar-refractivity contribution in [2.75, 3.05) is 6.54 Å². The normalized spacial score (nSPS) is 18.1. The minimum absolute atomic E-state index is 0.572. The van der Waals surface area contributed by atoms with Gasteiger partial charge in [-0.3, -0.25) is 4.79 Å². The van der Waals surface area contributed by atoms with Crippen LogP contribution in [-0.4, -0.2) is 17.6 Å². The van der Waals surface area contributed by atoms with Gasteiger partial charge in [0.2, 0.25) is 0 Å². The largest absolute Gasteiger partial charge is 0.480 e. The van der Waals surface area contributed by atoms with Crippen molar-refractivity contribution in [1.29, 1.82) is 0 Å². The molecule has 0 aromatic heterocycles. The molecule has 1 fully saturated rings. The molecule has 1 aromatic rings. The van der Waals surface area contributed by atoms with E-state index in [1.807, 2.05) is 30.3 Å². The van der Waals surface area contributed by atoms with Crippen LogP contribution in [0, 0.1) is 5.92 Å². The number of nitrogens with one attached hydrogen (secondary N) is 1. The van der Waals surface area contributed by atoms with Crippen LogP contribution >= 0.6 is 0 Å². The Balaban J connectivity index is 1.95. The molecular weight excluding hydrogens is 214 g/mol. The van der Waals surface area contributed by atoms with Crippen LogP contribution in [0.3, 0.4) is 0 Å². The number of aliphatic carboxylic acids is 1. The second-order valence-corrected chi connectivity index (χ2v) is 4.74. The molecular formula is C14H19NO2. The fourth-order valence-electron chi connectivity index (χ4n) is 2.49. The first-order valence-electron chi connectivity index (χ1n) is 6.28. The molecule has 0 saturated heterocycles. The van der Waals surface area contributed by atoms with Crippen molar-refractivity contribution < 1.29 is 9.90 Å². The van der Waals surface area contributed by atoms with Gasteiger partial charge < -0.3 is 10.4 Å². The predicted molar refractivity (Wildman–Crippen MR) is 66.8 cm³/mol. The van der Waals surface area contributed by atoms with E-state index in [9.17, 15) is 9.90 Å². The zero-order valence-electron chi connectivity index (χ0n) is 9.93. The summed E-state index contributed by atoms with van der Waals surface area (Å²) in [4.78, 5) is 11.2. The summed E-state index contributed by atoms with van der Waals surface area (Å²) in [5.74, 6) is -0.144. The van der Waals surface area contributed by atoms with Gasteiger partial charge in [0.1, 0.15) is 6.04 Å². The molecule has 2 rings (SSSR count). The third-order valence-electron chi connectivity index (χ3n) is 3.47. The number of carboxylic acid groups (broad SMARTS) is 1. The monoisotopic (exact) mass is 233 g/mol. The van der Waals surface area contributed by atoms with Gasteiger partial charge in [-0.1, -0.05) is 43.2 Å². The lowest BCUT2D eigenvalue weighted by atomic mass is 10.0. The highest BCUT2D eigenvalue weighted by Gasteiger charge is 2.21. The summed E-state index contributed by atoms with van der Waals surface area (Å²) in [6.45, 7) is 0.811. The van der Waals surface area contributed by atoms with E-state index in [2.05, 4.69) is 5.32 Å². The maximum Gasteiger partial charge on any atom is 0.325 e. The van der Waals surface area contributed by atoms with E-state index in [1.54, 1.807) is 0 Å². The van der Waals surface area contributed by atoms with Crippen molar-refractivity contribution in [3.63, 3.8) is 0 Å². The number of hydrogen-bond donors (Lipinski definition) is 2. The Morgan fingerprint density at radius 3 is 2.53 bits per heavy atom. The summed E-state index contributed by atoms with van der Waals surface area (Å²) in [7, 11) is 0. The first-order chi connectivity index (χ1) is 8.27. The van der Waals surface area contributed by atoms with Crippen molar-refractivity contribution in [3.05, 3.63) is 35.9 Å². The number of carbonyl (C=O) groups is 1. The lowest BCUT2D eigenvalue weighted by molar-refractivity contribution is -0.139. The minimum atomic E-state index is -0.797. The Morgan fingerprint density at radius 2 is 1.94 bits per heavy atom. The summed E-state index contributed by atoms with van der Waals surface area (Å²) in [6.07, 6.45) is 5.03. The second-order valence-electron chi connectivity index (χ2n) is 4.74. The molecule has 1 aliphatic carbocycles. The van der Waals surface area contributed by atoms with Gasteiger partial charge in [-0.05, 0) is 30.9 Å². The molecule has 0 spiro atoms. The Labute approximate surface area is 102 Å². The first-order valence-corrected chi connectivity index (χ1v) is 6.28. The summed E-state index contributed by atoms with van der Waals surface area (Å²) in [5.41, 5.74) is 0.831. The van der Waals surface area contributed by atoms with Crippen molar-refractivity contribution in [2.24, 2.45) is 5.92 Å². The van der Waals surface area contributed by atoms with Gasteiger partial charge in [-0.2, -0.15) is 0 Å². The van der Waals surface area contributed by atoms with E-state index in [0.717, 1.165) is 12.1 Å². The fraction of sp³-hybridized carbons (Fsp3) is 0.500. The lowest BCUT2D eigenvalue weighted by Crippen LogP contribution is -2.31. The quantitative estimate of drug-likeness (QED) is 0.821. The number of hydrogen-bond acceptors (Lipinski definition) is 2. The minimum Gasteiger partial charge on any atom is -0.480 e. The Hall–Kier alpha value is -1.35. The highest BCUT2D eigenvalue weighted by molar-refractivity contribution is 5.75. The molecule has 1 atom stereocenters. The highest BCUT2D eigenvalue weighted by Crippen LogP contribution is 2.24. The Morgan fingerprint density at radius 1 is 1.29 bits per heavy atom. The van der Waals surface area contributed by atoms with E-state index in [1.165, 1.54) is 25.7 Å². The summed E-state index contributed by atoms with van der Waals surface area (Å²) >= 11 is 0. The molecule has 0 amide bonds. The van der Waals surface area contributed by atoms with Gasteiger partial charge in [0.15, 0.2) is 0 Å². The first kappa shape index (κ1) is 12.1. The van der Waals surface area contributed by atoms with Crippen molar-refractivity contribution in [3.8, 4) is 0 Å². The molecule has 17 heavy (non-hydrogen) atoms. The average Bonchev–Trinajstić information content (AvgIpc) is 2.83. The topological polar surface area (TPSA) is 49.3 Å². The van der Waals surface area contributed by atoms with E-state index < -0.39 is 12.0 Å². The van der Waals surface area contributed by atoms with Crippen LogP contribution in [0.2, 0.25) is 0 Å². The Kier molecular flexibility index (Phi) is 4.15. The zero-order chi connectivity index (χ0) is 12.1. The van der Waals surface area contributed by atoms with Crippen LogP contribution in [0.5, 0.6) is 0 Å². The van der Waals surface area contributed by atoms with Crippen LogP contribution in [0.25, 0.3) is 0 Å². The van der Waals surface area contributed by atoms with Gasteiger partial charge >= 0.3 is 5.97 Å². The standard InChI is InChI=1S/C14H19NO2/c16-14(17)13(12-8-2-1-3-9-12)15-10-11-6-4-5-7-11/h1-3,8-9,11,13,15H,4-7,10H2,(H,16,17). The number of rotatable bonds is 5. The van der Waals surface area contributed by atoms with Crippen LogP contribution in [0.1, 0.15) is 37.3 Å². The summed E-state index contributed by atoms with van der Waals surface area (Å²) in [6, 6.07) is 8.81. The van der Waals surface area contributed by atoms with Crippen LogP contribution in [0.4, 0.5) is 0 Å². The van der Waals surface area contributed by atoms with Crippen LogP contribution in [0.15, 0.2) is 30.3 Å². The van der Waals surface area contributed by atoms with Crippen LogP contribution in [-0.2, 0) is 4.79 Å². The second kappa shape index (κ2) is 5.82. The molecule has 0 bridgehead atoms. The third-order valence-corrected chi connectivity index (χ3v) is 3.47. The number of benzene rings is 1. The molecule has 1 aliphatic rings. The molecule has 3 heteroatoms. The maximum absolute atomic E-state index is 11.2. The van der Waals surface area contributed by atoms with Gasteiger partial charge in [0.25, 0.3) is 0 Å². The van der Waals surface area contributed by atoms with E-state index in [-0.39, 0.29) is 0 Å². The third kappa shape index (κ3) is 3.30. The van der Waals surface area contributed by atoms with Gasteiger partial charge in [-0.25, -0.2) is 0 Å². The maximum atomic E-state index is 11.2. The van der Waals surface area contributed by atoms with E-state index in [0.29, 0.717) is 5.92 Å². The zero-order valence-corrected chi connectivity index (χ0v) is 9.93. The molecule has 2 N–H and O–H groups in total. The van der Waals surface area contributed by atoms with Gasteiger partial charge in [-0.15, -0.1) is 0 Å². The highest BCUT2D eigenvalue weighted by atomic mass is 16.4. The SMILES string of the molecule is O=C(O)C(NCC1CCCC1)c1ccccc1.